The van der Waals surface area contributed by atoms with Crippen LogP contribution in [0.4, 0.5) is 0 Å². The molecule has 0 aliphatic heterocycles. The number of alkyl halides is 1. The first-order chi connectivity index (χ1) is 8.61. The predicted molar refractivity (Wildman–Crippen MR) is 77.6 cm³/mol. The zero-order chi connectivity index (χ0) is 13.4. The van der Waals surface area contributed by atoms with Crippen LogP contribution in [0, 0.1) is 0 Å². The van der Waals surface area contributed by atoms with Crippen molar-refractivity contribution in [1.82, 2.24) is 5.32 Å². The van der Waals surface area contributed by atoms with Crippen molar-refractivity contribution >= 4 is 33.4 Å². The number of nitrogens with one attached hydrogen (secondary N) is 1. The molecule has 5 heteroatoms. The Morgan fingerprint density at radius 2 is 2.11 bits per heavy atom. The van der Waals surface area contributed by atoms with Crippen LogP contribution in [0.25, 0.3) is 0 Å². The number of amides is 1. The lowest BCUT2D eigenvalue weighted by molar-refractivity contribution is -0.123. The van der Waals surface area contributed by atoms with E-state index >= 15 is 0 Å². The maximum atomic E-state index is 11.6. The highest BCUT2D eigenvalue weighted by molar-refractivity contribution is 9.09. The van der Waals surface area contributed by atoms with Gasteiger partial charge >= 0.3 is 0 Å². The smallest absolute Gasteiger partial charge is 0.258 e. The first kappa shape index (κ1) is 15.3. The summed E-state index contributed by atoms with van der Waals surface area (Å²) >= 11 is 9.12. The van der Waals surface area contributed by atoms with Gasteiger partial charge in [0.15, 0.2) is 6.61 Å². The topological polar surface area (TPSA) is 38.3 Å². The summed E-state index contributed by atoms with van der Waals surface area (Å²) in [6.07, 6.45) is 2.00. The standard InChI is InChI=1S/C13H17BrClNO2/c1-10(3-2-8-14)16-13(17)9-18-12-6-4-11(15)5-7-12/h4-7,10H,2-3,8-9H2,1H3,(H,16,17). The number of halogens is 2. The maximum absolute atomic E-state index is 11.6. The van der Waals surface area contributed by atoms with Gasteiger partial charge in [0.25, 0.3) is 5.91 Å². The molecule has 0 spiro atoms. The van der Waals surface area contributed by atoms with Crippen LogP contribution in [0.5, 0.6) is 5.75 Å². The van der Waals surface area contributed by atoms with E-state index in [-0.39, 0.29) is 18.6 Å². The van der Waals surface area contributed by atoms with Gasteiger partial charge in [-0.15, -0.1) is 0 Å². The van der Waals surface area contributed by atoms with Gasteiger partial charge in [-0.2, -0.15) is 0 Å². The summed E-state index contributed by atoms with van der Waals surface area (Å²) in [5, 5.41) is 4.49. The Hall–Kier alpha value is -0.740. The van der Waals surface area contributed by atoms with Crippen LogP contribution >= 0.6 is 27.5 Å². The minimum Gasteiger partial charge on any atom is -0.484 e. The molecule has 1 N–H and O–H groups in total. The Balaban J connectivity index is 2.26. The molecular formula is C13H17BrClNO2. The van der Waals surface area contributed by atoms with Gasteiger partial charge < -0.3 is 10.1 Å². The molecule has 0 radical (unpaired) electrons. The van der Waals surface area contributed by atoms with E-state index in [0.717, 1.165) is 18.2 Å². The molecule has 1 unspecified atom stereocenters. The highest BCUT2D eigenvalue weighted by Gasteiger charge is 2.07. The summed E-state index contributed by atoms with van der Waals surface area (Å²) in [7, 11) is 0. The van der Waals surface area contributed by atoms with E-state index in [2.05, 4.69) is 21.2 Å². The quantitative estimate of drug-likeness (QED) is 0.776. The zero-order valence-electron chi connectivity index (χ0n) is 10.3. The normalized spacial score (nSPS) is 11.9. The molecule has 1 atom stereocenters. The van der Waals surface area contributed by atoms with E-state index in [4.69, 9.17) is 16.3 Å². The van der Waals surface area contributed by atoms with Gasteiger partial charge in [-0.05, 0) is 44.0 Å². The largest absolute Gasteiger partial charge is 0.484 e. The first-order valence-corrected chi connectivity index (χ1v) is 7.35. The number of ether oxygens (including phenoxy) is 1. The number of carbonyl (C=O) groups is 1. The van der Waals surface area contributed by atoms with Gasteiger partial charge in [-0.3, -0.25) is 4.79 Å². The zero-order valence-corrected chi connectivity index (χ0v) is 12.6. The fourth-order valence-corrected chi connectivity index (χ4v) is 1.90. The minimum absolute atomic E-state index is 0.0281. The van der Waals surface area contributed by atoms with Crippen molar-refractivity contribution in [2.75, 3.05) is 11.9 Å². The summed E-state index contributed by atoms with van der Waals surface area (Å²) in [6, 6.07) is 7.11. The molecule has 100 valence electrons. The lowest BCUT2D eigenvalue weighted by atomic mass is 10.2. The molecule has 0 saturated carbocycles. The van der Waals surface area contributed by atoms with Crippen molar-refractivity contribution in [3.05, 3.63) is 29.3 Å². The second-order valence-corrected chi connectivity index (χ2v) is 5.27. The number of hydrogen-bond donors (Lipinski definition) is 1. The summed E-state index contributed by atoms with van der Waals surface area (Å²) in [5.74, 6) is 0.537. The Labute approximate surface area is 121 Å². The van der Waals surface area contributed by atoms with E-state index in [0.29, 0.717) is 10.8 Å². The van der Waals surface area contributed by atoms with E-state index in [1.165, 1.54) is 0 Å². The third-order valence-electron chi connectivity index (χ3n) is 2.36. The van der Waals surface area contributed by atoms with E-state index in [9.17, 15) is 4.79 Å². The highest BCUT2D eigenvalue weighted by atomic mass is 79.9. The van der Waals surface area contributed by atoms with E-state index in [1.54, 1.807) is 24.3 Å². The lowest BCUT2D eigenvalue weighted by Crippen LogP contribution is -2.36. The molecule has 0 heterocycles. The molecular weight excluding hydrogens is 318 g/mol. The first-order valence-electron chi connectivity index (χ1n) is 5.85. The fraction of sp³-hybridized carbons (Fsp3) is 0.462. The Morgan fingerprint density at radius 1 is 1.44 bits per heavy atom. The average Bonchev–Trinajstić information content (AvgIpc) is 2.35. The minimum atomic E-state index is -0.105. The van der Waals surface area contributed by atoms with Crippen molar-refractivity contribution in [3.8, 4) is 5.75 Å². The Morgan fingerprint density at radius 3 is 2.72 bits per heavy atom. The summed E-state index contributed by atoms with van der Waals surface area (Å²) in [4.78, 5) is 11.6. The van der Waals surface area contributed by atoms with E-state index < -0.39 is 0 Å². The van der Waals surface area contributed by atoms with Crippen LogP contribution in [-0.2, 0) is 4.79 Å². The second-order valence-electron chi connectivity index (χ2n) is 4.04. The maximum Gasteiger partial charge on any atom is 0.258 e. The number of hydrogen-bond acceptors (Lipinski definition) is 2. The molecule has 0 saturated heterocycles. The summed E-state index contributed by atoms with van der Waals surface area (Å²) in [6.45, 7) is 2.02. The highest BCUT2D eigenvalue weighted by Crippen LogP contribution is 2.15. The van der Waals surface area contributed by atoms with Crippen LogP contribution in [0.15, 0.2) is 24.3 Å². The van der Waals surface area contributed by atoms with Crippen molar-refractivity contribution < 1.29 is 9.53 Å². The third kappa shape index (κ3) is 6.26. The van der Waals surface area contributed by atoms with Crippen LogP contribution in [0.2, 0.25) is 5.02 Å². The molecule has 0 aliphatic rings. The molecule has 1 aromatic rings. The third-order valence-corrected chi connectivity index (χ3v) is 3.17. The molecule has 18 heavy (non-hydrogen) atoms. The SMILES string of the molecule is CC(CCCBr)NC(=O)COc1ccc(Cl)cc1. The number of rotatable bonds is 7. The molecule has 1 amide bonds. The van der Waals surface area contributed by atoms with Crippen molar-refractivity contribution in [3.63, 3.8) is 0 Å². The molecule has 0 aliphatic carbocycles. The Bertz CT molecular complexity index is 370. The van der Waals surface area contributed by atoms with Crippen molar-refractivity contribution in [2.45, 2.75) is 25.8 Å². The second kappa shape index (κ2) is 8.38. The molecule has 0 fully saturated rings. The van der Waals surface area contributed by atoms with Gasteiger partial charge in [-0.1, -0.05) is 27.5 Å². The van der Waals surface area contributed by atoms with Crippen molar-refractivity contribution in [1.29, 1.82) is 0 Å². The van der Waals surface area contributed by atoms with Gasteiger partial charge in [0.1, 0.15) is 5.75 Å². The predicted octanol–water partition coefficient (Wildman–Crippen LogP) is 3.40. The van der Waals surface area contributed by atoms with Crippen LogP contribution in [0.1, 0.15) is 19.8 Å². The molecule has 0 aromatic heterocycles. The van der Waals surface area contributed by atoms with E-state index in [1.807, 2.05) is 6.92 Å². The van der Waals surface area contributed by atoms with Crippen LogP contribution in [-0.4, -0.2) is 23.9 Å². The van der Waals surface area contributed by atoms with Crippen molar-refractivity contribution in [2.24, 2.45) is 0 Å². The molecule has 3 nitrogen and oxygen atoms in total. The number of benzene rings is 1. The lowest BCUT2D eigenvalue weighted by Gasteiger charge is -2.13. The van der Waals surface area contributed by atoms with Crippen LogP contribution < -0.4 is 10.1 Å². The van der Waals surface area contributed by atoms with Gasteiger partial charge in [0, 0.05) is 16.4 Å². The summed E-state index contributed by atoms with van der Waals surface area (Å²) in [5.41, 5.74) is 0. The monoisotopic (exact) mass is 333 g/mol. The van der Waals surface area contributed by atoms with Gasteiger partial charge in [-0.25, -0.2) is 0 Å². The fourth-order valence-electron chi connectivity index (χ4n) is 1.45. The molecule has 1 aromatic carbocycles. The van der Waals surface area contributed by atoms with Crippen LogP contribution in [0.3, 0.4) is 0 Å². The Kier molecular flexibility index (Phi) is 7.13. The molecule has 0 bridgehead atoms. The van der Waals surface area contributed by atoms with Gasteiger partial charge in [0.05, 0.1) is 0 Å². The van der Waals surface area contributed by atoms with Gasteiger partial charge in [0.2, 0.25) is 0 Å². The molecule has 1 rings (SSSR count). The average molecular weight is 335 g/mol. The summed E-state index contributed by atoms with van der Waals surface area (Å²) < 4.78 is 5.35. The number of carbonyl (C=O) groups excluding carboxylic acids is 1.